The molecule has 0 spiro atoms. The SMILES string of the molecule is COC(=O)c1c(C)cc(OC(=O)c2c(C)cc(O)c(/C=N/NC(=O)COc3cc4ccccc4o3)c2O)c(C)c1O. The number of carbonyl (C=O) groups is 3. The van der Waals surface area contributed by atoms with Gasteiger partial charge in [0.25, 0.3) is 11.9 Å². The normalized spacial score (nSPS) is 11.0. The molecule has 0 saturated heterocycles. The van der Waals surface area contributed by atoms with Crippen LogP contribution in [-0.4, -0.2) is 53.1 Å². The van der Waals surface area contributed by atoms with Crippen molar-refractivity contribution in [2.75, 3.05) is 13.7 Å². The summed E-state index contributed by atoms with van der Waals surface area (Å²) >= 11 is 0. The van der Waals surface area contributed by atoms with Crippen molar-refractivity contribution in [3.05, 3.63) is 75.8 Å². The number of aryl methyl sites for hydroxylation is 2. The second kappa shape index (κ2) is 11.7. The molecular weight excluding hydrogens is 536 g/mol. The molecule has 0 saturated carbocycles. The Morgan fingerprint density at radius 2 is 1.63 bits per heavy atom. The highest BCUT2D eigenvalue weighted by Crippen LogP contribution is 2.37. The Morgan fingerprint density at radius 3 is 2.34 bits per heavy atom. The van der Waals surface area contributed by atoms with Crippen LogP contribution in [0.15, 0.2) is 52.0 Å². The Hall–Kier alpha value is -5.52. The van der Waals surface area contributed by atoms with E-state index in [2.05, 4.69) is 15.3 Å². The van der Waals surface area contributed by atoms with E-state index in [1.165, 1.54) is 40.0 Å². The number of furan rings is 1. The number of amides is 1. The first-order valence-corrected chi connectivity index (χ1v) is 12.1. The number of ether oxygens (including phenoxy) is 3. The molecule has 0 fully saturated rings. The van der Waals surface area contributed by atoms with Gasteiger partial charge in [0.15, 0.2) is 6.61 Å². The van der Waals surface area contributed by atoms with Gasteiger partial charge in [-0.2, -0.15) is 5.10 Å². The number of nitrogens with zero attached hydrogens (tertiary/aromatic N) is 1. The number of esters is 2. The van der Waals surface area contributed by atoms with Gasteiger partial charge in [0, 0.05) is 17.0 Å². The van der Waals surface area contributed by atoms with E-state index >= 15 is 0 Å². The smallest absolute Gasteiger partial charge is 0.347 e. The number of phenolic OH excluding ortho intramolecular Hbond substituents is 3. The number of aromatic hydroxyl groups is 3. The van der Waals surface area contributed by atoms with E-state index in [1.54, 1.807) is 18.2 Å². The molecule has 1 amide bonds. The summed E-state index contributed by atoms with van der Waals surface area (Å²) in [7, 11) is 1.17. The van der Waals surface area contributed by atoms with Crippen LogP contribution in [0.2, 0.25) is 0 Å². The number of hydrogen-bond acceptors (Lipinski definition) is 11. The second-order valence-electron chi connectivity index (χ2n) is 8.96. The van der Waals surface area contributed by atoms with E-state index in [0.717, 1.165) is 11.6 Å². The lowest BCUT2D eigenvalue weighted by atomic mass is 10.0. The van der Waals surface area contributed by atoms with Crippen LogP contribution in [-0.2, 0) is 9.53 Å². The van der Waals surface area contributed by atoms with Crippen molar-refractivity contribution in [2.24, 2.45) is 5.10 Å². The Balaban J connectivity index is 1.48. The fourth-order valence-electron chi connectivity index (χ4n) is 4.03. The van der Waals surface area contributed by atoms with Crippen molar-refractivity contribution in [2.45, 2.75) is 20.8 Å². The van der Waals surface area contributed by atoms with Gasteiger partial charge in [0.2, 0.25) is 0 Å². The van der Waals surface area contributed by atoms with Crippen LogP contribution in [0.25, 0.3) is 11.0 Å². The number of methoxy groups -OCH3 is 1. The van der Waals surface area contributed by atoms with E-state index in [-0.39, 0.29) is 39.5 Å². The Kier molecular flexibility index (Phi) is 8.13. The number of carbonyl (C=O) groups excluding carboxylic acids is 3. The zero-order chi connectivity index (χ0) is 29.8. The largest absolute Gasteiger partial charge is 0.507 e. The summed E-state index contributed by atoms with van der Waals surface area (Å²) in [5.74, 6) is -3.84. The van der Waals surface area contributed by atoms with Crippen LogP contribution in [0.3, 0.4) is 0 Å². The highest BCUT2D eigenvalue weighted by molar-refractivity contribution is 6.01. The quantitative estimate of drug-likeness (QED) is 0.106. The standard InChI is InChI=1S/C29H26N2O10/c1-14-9-19(32)18(12-30-31-22(33)13-39-23-11-17-7-5-6-8-20(17)40-23)27(35)25(14)29(37)41-21-10-15(2)24(28(36)38-4)26(34)16(21)3/h5-12,32,34-35H,13H2,1-4H3,(H,31,33)/b30-12+. The fraction of sp³-hybridized carbons (Fsp3) is 0.172. The van der Waals surface area contributed by atoms with Crippen molar-refractivity contribution >= 4 is 35.0 Å². The maximum absolute atomic E-state index is 13.1. The number of para-hydroxylation sites is 1. The number of fused-ring (bicyclic) bond motifs is 1. The number of hydrazone groups is 1. The number of nitrogens with one attached hydrogen (secondary N) is 1. The molecule has 4 aromatic rings. The summed E-state index contributed by atoms with van der Waals surface area (Å²) in [5.41, 5.74) is 2.72. The zero-order valence-corrected chi connectivity index (χ0v) is 22.5. The number of hydrogen-bond donors (Lipinski definition) is 4. The van der Waals surface area contributed by atoms with Crippen molar-refractivity contribution < 1.29 is 48.3 Å². The molecule has 0 bridgehead atoms. The highest BCUT2D eigenvalue weighted by Gasteiger charge is 2.25. The molecule has 3 aromatic carbocycles. The average molecular weight is 563 g/mol. The molecule has 0 aliphatic rings. The molecule has 0 unspecified atom stereocenters. The molecule has 0 aliphatic heterocycles. The van der Waals surface area contributed by atoms with Gasteiger partial charge in [-0.1, -0.05) is 18.2 Å². The van der Waals surface area contributed by atoms with Crippen molar-refractivity contribution in [1.29, 1.82) is 0 Å². The molecule has 41 heavy (non-hydrogen) atoms. The predicted molar refractivity (Wildman–Crippen MR) is 146 cm³/mol. The molecule has 4 N–H and O–H groups in total. The summed E-state index contributed by atoms with van der Waals surface area (Å²) in [5, 5.41) is 36.1. The molecule has 1 heterocycles. The maximum Gasteiger partial charge on any atom is 0.347 e. The van der Waals surface area contributed by atoms with Crippen LogP contribution in [0, 0.1) is 20.8 Å². The minimum atomic E-state index is -1.01. The van der Waals surface area contributed by atoms with E-state index in [9.17, 15) is 29.7 Å². The molecule has 0 atom stereocenters. The van der Waals surface area contributed by atoms with Gasteiger partial charge in [0.05, 0.1) is 18.9 Å². The lowest BCUT2D eigenvalue weighted by Gasteiger charge is -2.16. The summed E-state index contributed by atoms with van der Waals surface area (Å²) in [6.07, 6.45) is 0.951. The second-order valence-corrected chi connectivity index (χ2v) is 8.96. The van der Waals surface area contributed by atoms with E-state index in [4.69, 9.17) is 13.9 Å². The van der Waals surface area contributed by atoms with Gasteiger partial charge in [-0.15, -0.1) is 0 Å². The molecule has 12 heteroatoms. The van der Waals surface area contributed by atoms with Gasteiger partial charge in [0.1, 0.15) is 39.7 Å². The Morgan fingerprint density at radius 1 is 0.951 bits per heavy atom. The van der Waals surface area contributed by atoms with Crippen molar-refractivity contribution in [3.63, 3.8) is 0 Å². The summed E-state index contributed by atoms with van der Waals surface area (Å²) in [4.78, 5) is 37.2. The molecular formula is C29H26N2O10. The van der Waals surface area contributed by atoms with Gasteiger partial charge >= 0.3 is 11.9 Å². The Bertz CT molecular complexity index is 1670. The lowest BCUT2D eigenvalue weighted by Crippen LogP contribution is -2.24. The zero-order valence-electron chi connectivity index (χ0n) is 22.5. The molecule has 212 valence electrons. The van der Waals surface area contributed by atoms with Gasteiger partial charge in [-0.05, 0) is 50.1 Å². The number of rotatable bonds is 8. The highest BCUT2D eigenvalue weighted by atomic mass is 16.6. The first-order valence-electron chi connectivity index (χ1n) is 12.1. The third kappa shape index (κ3) is 5.91. The van der Waals surface area contributed by atoms with Crippen LogP contribution >= 0.6 is 0 Å². The summed E-state index contributed by atoms with van der Waals surface area (Å²) in [6, 6.07) is 11.4. The third-order valence-corrected chi connectivity index (χ3v) is 6.15. The van der Waals surface area contributed by atoms with Crippen LogP contribution < -0.4 is 14.9 Å². The third-order valence-electron chi connectivity index (χ3n) is 6.15. The van der Waals surface area contributed by atoms with E-state index < -0.39 is 41.7 Å². The first-order chi connectivity index (χ1) is 19.5. The summed E-state index contributed by atoms with van der Waals surface area (Å²) in [6.45, 7) is 3.99. The first kappa shape index (κ1) is 28.5. The van der Waals surface area contributed by atoms with Crippen molar-refractivity contribution in [3.8, 4) is 28.9 Å². The fourth-order valence-corrected chi connectivity index (χ4v) is 4.03. The minimum Gasteiger partial charge on any atom is -0.507 e. The molecule has 4 rings (SSSR count). The molecule has 1 aromatic heterocycles. The molecule has 0 aliphatic carbocycles. The van der Waals surface area contributed by atoms with Gasteiger partial charge < -0.3 is 33.9 Å². The minimum absolute atomic E-state index is 0.0588. The monoisotopic (exact) mass is 562 g/mol. The maximum atomic E-state index is 13.1. The van der Waals surface area contributed by atoms with Crippen LogP contribution in [0.4, 0.5) is 0 Å². The number of benzene rings is 3. The molecule has 12 nitrogen and oxygen atoms in total. The Labute approximate surface area is 233 Å². The van der Waals surface area contributed by atoms with Crippen LogP contribution in [0.5, 0.6) is 28.9 Å². The van der Waals surface area contributed by atoms with Gasteiger partial charge in [-0.25, -0.2) is 15.0 Å². The average Bonchev–Trinajstić information content (AvgIpc) is 3.35. The van der Waals surface area contributed by atoms with Gasteiger partial charge in [-0.3, -0.25) is 4.79 Å². The van der Waals surface area contributed by atoms with E-state index in [1.807, 2.05) is 12.1 Å². The van der Waals surface area contributed by atoms with Crippen molar-refractivity contribution in [1.82, 2.24) is 5.43 Å². The molecule has 0 radical (unpaired) electrons. The van der Waals surface area contributed by atoms with E-state index in [0.29, 0.717) is 11.1 Å². The number of phenols is 3. The summed E-state index contributed by atoms with van der Waals surface area (Å²) < 4.78 is 20.9. The topological polar surface area (TPSA) is 177 Å². The predicted octanol–water partition coefficient (Wildman–Crippen LogP) is 4.01. The van der Waals surface area contributed by atoms with Crippen LogP contribution in [0.1, 0.15) is 43.0 Å². The lowest BCUT2D eigenvalue weighted by molar-refractivity contribution is -0.123.